The highest BCUT2D eigenvalue weighted by Crippen LogP contribution is 2.39. The first kappa shape index (κ1) is 17.7. The lowest BCUT2D eigenvalue weighted by Gasteiger charge is -2.22. The number of hydrogen-bond acceptors (Lipinski definition) is 7. The van der Waals surface area contributed by atoms with Gasteiger partial charge < -0.3 is 10.6 Å². The summed E-state index contributed by atoms with van der Waals surface area (Å²) in [4.78, 5) is 12.1. The molecule has 1 aliphatic carbocycles. The Bertz CT molecular complexity index is 811. The zero-order valence-corrected chi connectivity index (χ0v) is 15.7. The van der Waals surface area contributed by atoms with Crippen LogP contribution < -0.4 is 10.6 Å². The fourth-order valence-corrected chi connectivity index (χ4v) is 4.07. The summed E-state index contributed by atoms with van der Waals surface area (Å²) >= 11 is 2.73. The second-order valence-electron chi connectivity index (χ2n) is 6.29. The van der Waals surface area contributed by atoms with E-state index in [2.05, 4.69) is 26.9 Å². The van der Waals surface area contributed by atoms with Gasteiger partial charge in [0.2, 0.25) is 11.0 Å². The Hall–Kier alpha value is -2.11. The minimum Gasteiger partial charge on any atom is -0.337 e. The number of nitrogens with zero attached hydrogens (tertiary/aromatic N) is 3. The average molecular weight is 374 g/mol. The number of carbonyl (C=O) groups excluding carboxylic acids is 1. The van der Waals surface area contributed by atoms with Gasteiger partial charge in [-0.15, -0.1) is 10.2 Å². The van der Waals surface area contributed by atoms with Crippen LogP contribution in [0.1, 0.15) is 25.3 Å². The third-order valence-corrected chi connectivity index (χ3v) is 6.00. The number of benzene rings is 1. The molecule has 6 nitrogen and oxygen atoms in total. The van der Waals surface area contributed by atoms with Crippen LogP contribution >= 0.6 is 23.1 Å². The van der Waals surface area contributed by atoms with Crippen molar-refractivity contribution in [1.29, 1.82) is 5.26 Å². The molecular weight excluding hydrogens is 354 g/mol. The van der Waals surface area contributed by atoms with E-state index in [0.29, 0.717) is 5.13 Å². The number of nitriles is 1. The van der Waals surface area contributed by atoms with E-state index in [-0.39, 0.29) is 17.6 Å². The standard InChI is InChI=1S/C17H19N5OS2/c1-11-4-3-5-13(8-11)19-15-21-22-16(25-15)24-9-14(23)20-17(2,10-18)12-6-7-12/h3-5,8,12H,6-7,9H2,1-2H3,(H,19,21)(H,20,23)/t17-/m0/s1. The second-order valence-corrected chi connectivity index (χ2v) is 8.49. The Morgan fingerprint density at radius 1 is 1.48 bits per heavy atom. The van der Waals surface area contributed by atoms with Crippen molar-refractivity contribution in [3.8, 4) is 6.07 Å². The van der Waals surface area contributed by atoms with E-state index in [1.807, 2.05) is 31.2 Å². The van der Waals surface area contributed by atoms with Crippen molar-refractivity contribution in [3.05, 3.63) is 29.8 Å². The lowest BCUT2D eigenvalue weighted by Crippen LogP contribution is -2.47. The zero-order valence-electron chi connectivity index (χ0n) is 14.1. The van der Waals surface area contributed by atoms with Gasteiger partial charge in [-0.05, 0) is 50.3 Å². The van der Waals surface area contributed by atoms with Gasteiger partial charge in [-0.25, -0.2) is 0 Å². The van der Waals surface area contributed by atoms with Gasteiger partial charge in [-0.2, -0.15) is 5.26 Å². The highest BCUT2D eigenvalue weighted by atomic mass is 32.2. The van der Waals surface area contributed by atoms with Crippen LogP contribution in [0, 0.1) is 24.2 Å². The van der Waals surface area contributed by atoms with Gasteiger partial charge in [0.25, 0.3) is 0 Å². The first-order valence-corrected chi connectivity index (χ1v) is 9.81. The topological polar surface area (TPSA) is 90.7 Å². The van der Waals surface area contributed by atoms with E-state index in [4.69, 9.17) is 0 Å². The summed E-state index contributed by atoms with van der Waals surface area (Å²) in [7, 11) is 0. The number of thioether (sulfide) groups is 1. The van der Waals surface area contributed by atoms with Gasteiger partial charge in [-0.3, -0.25) is 4.79 Å². The molecule has 1 fully saturated rings. The minimum atomic E-state index is -0.753. The number of aryl methyl sites for hydroxylation is 1. The molecule has 0 spiro atoms. The molecule has 1 atom stereocenters. The molecular formula is C17H19N5OS2. The lowest BCUT2D eigenvalue weighted by atomic mass is 9.98. The average Bonchev–Trinajstić information content (AvgIpc) is 3.35. The van der Waals surface area contributed by atoms with Crippen LogP contribution in [-0.2, 0) is 4.79 Å². The molecule has 8 heteroatoms. The summed E-state index contributed by atoms with van der Waals surface area (Å²) in [5, 5.41) is 24.2. The van der Waals surface area contributed by atoms with E-state index in [1.54, 1.807) is 6.92 Å². The SMILES string of the molecule is Cc1cccc(Nc2nnc(SCC(=O)N[C@@](C)(C#N)C3CC3)s2)c1. The fraction of sp³-hybridized carbons (Fsp3) is 0.412. The third-order valence-electron chi connectivity index (χ3n) is 4.03. The molecule has 1 aromatic carbocycles. The lowest BCUT2D eigenvalue weighted by molar-refractivity contribution is -0.119. The van der Waals surface area contributed by atoms with E-state index in [1.165, 1.54) is 23.1 Å². The molecule has 1 heterocycles. The highest BCUT2D eigenvalue weighted by molar-refractivity contribution is 8.01. The second kappa shape index (κ2) is 7.42. The van der Waals surface area contributed by atoms with Crippen LogP contribution in [-0.4, -0.2) is 27.4 Å². The molecule has 0 bridgehead atoms. The molecule has 1 aromatic heterocycles. The molecule has 130 valence electrons. The van der Waals surface area contributed by atoms with Crippen molar-refractivity contribution in [2.45, 2.75) is 36.6 Å². The minimum absolute atomic E-state index is 0.149. The Labute approximate surface area is 155 Å². The predicted octanol–water partition coefficient (Wildman–Crippen LogP) is 3.49. The maximum Gasteiger partial charge on any atom is 0.231 e. The maximum absolute atomic E-state index is 12.1. The smallest absolute Gasteiger partial charge is 0.231 e. The van der Waals surface area contributed by atoms with Crippen LogP contribution in [0.4, 0.5) is 10.8 Å². The number of nitrogens with one attached hydrogen (secondary N) is 2. The predicted molar refractivity (Wildman–Crippen MR) is 100.0 cm³/mol. The van der Waals surface area contributed by atoms with E-state index >= 15 is 0 Å². The molecule has 0 aliphatic heterocycles. The first-order chi connectivity index (χ1) is 12.0. The number of anilines is 2. The van der Waals surface area contributed by atoms with E-state index in [0.717, 1.165) is 28.4 Å². The van der Waals surface area contributed by atoms with Gasteiger partial charge in [0.1, 0.15) is 5.54 Å². The van der Waals surface area contributed by atoms with Gasteiger partial charge >= 0.3 is 0 Å². The molecule has 0 saturated heterocycles. The van der Waals surface area contributed by atoms with Crippen LogP contribution in [0.3, 0.4) is 0 Å². The monoisotopic (exact) mass is 373 g/mol. The maximum atomic E-state index is 12.1. The highest BCUT2D eigenvalue weighted by Gasteiger charge is 2.42. The van der Waals surface area contributed by atoms with Crippen molar-refractivity contribution < 1.29 is 4.79 Å². The molecule has 1 amide bonds. The van der Waals surface area contributed by atoms with Crippen molar-refractivity contribution in [2.75, 3.05) is 11.1 Å². The molecule has 1 aliphatic rings. The van der Waals surface area contributed by atoms with Gasteiger partial charge in [-0.1, -0.05) is 35.2 Å². The van der Waals surface area contributed by atoms with Crippen LogP contribution in [0.15, 0.2) is 28.6 Å². The Morgan fingerprint density at radius 2 is 2.28 bits per heavy atom. The van der Waals surface area contributed by atoms with Gasteiger partial charge in [0, 0.05) is 5.69 Å². The van der Waals surface area contributed by atoms with Crippen molar-refractivity contribution in [3.63, 3.8) is 0 Å². The van der Waals surface area contributed by atoms with Crippen LogP contribution in [0.5, 0.6) is 0 Å². The Balaban J connectivity index is 1.51. The summed E-state index contributed by atoms with van der Waals surface area (Å²) in [5.74, 6) is 0.353. The van der Waals surface area contributed by atoms with Crippen LogP contribution in [0.2, 0.25) is 0 Å². The summed E-state index contributed by atoms with van der Waals surface area (Å²) in [5.41, 5.74) is 1.37. The molecule has 0 unspecified atom stereocenters. The number of amides is 1. The molecule has 2 N–H and O–H groups in total. The number of hydrogen-bond donors (Lipinski definition) is 2. The number of rotatable bonds is 7. The molecule has 3 rings (SSSR count). The van der Waals surface area contributed by atoms with Crippen LogP contribution in [0.25, 0.3) is 0 Å². The number of aromatic nitrogens is 2. The van der Waals surface area contributed by atoms with Crippen molar-refractivity contribution in [1.82, 2.24) is 15.5 Å². The molecule has 2 aromatic rings. The van der Waals surface area contributed by atoms with Crippen molar-refractivity contribution in [2.24, 2.45) is 5.92 Å². The van der Waals surface area contributed by atoms with E-state index in [9.17, 15) is 10.1 Å². The molecule has 25 heavy (non-hydrogen) atoms. The zero-order chi connectivity index (χ0) is 17.9. The largest absolute Gasteiger partial charge is 0.337 e. The molecule has 1 saturated carbocycles. The van der Waals surface area contributed by atoms with E-state index < -0.39 is 5.54 Å². The summed E-state index contributed by atoms with van der Waals surface area (Å²) in [6, 6.07) is 10.2. The van der Waals surface area contributed by atoms with Gasteiger partial charge in [0.05, 0.1) is 11.8 Å². The number of carbonyl (C=O) groups is 1. The molecule has 0 radical (unpaired) electrons. The summed E-state index contributed by atoms with van der Waals surface area (Å²) in [6.07, 6.45) is 2.00. The van der Waals surface area contributed by atoms with Crippen molar-refractivity contribution >= 4 is 39.8 Å². The Kier molecular flexibility index (Phi) is 5.25. The quantitative estimate of drug-likeness (QED) is 0.722. The third kappa shape index (κ3) is 4.71. The Morgan fingerprint density at radius 3 is 2.96 bits per heavy atom. The summed E-state index contributed by atoms with van der Waals surface area (Å²) in [6.45, 7) is 3.82. The fourth-order valence-electron chi connectivity index (χ4n) is 2.50. The normalized spacial score (nSPS) is 15.9. The first-order valence-electron chi connectivity index (χ1n) is 8.01. The summed E-state index contributed by atoms with van der Waals surface area (Å²) < 4.78 is 0.718. The van der Waals surface area contributed by atoms with Gasteiger partial charge in [0.15, 0.2) is 4.34 Å².